The van der Waals surface area contributed by atoms with Crippen LogP contribution in [0.4, 0.5) is 5.82 Å². The van der Waals surface area contributed by atoms with Crippen LogP contribution in [0.25, 0.3) is 10.9 Å². The van der Waals surface area contributed by atoms with Gasteiger partial charge in [0.15, 0.2) is 0 Å². The van der Waals surface area contributed by atoms with Gasteiger partial charge in [0.1, 0.15) is 11.6 Å². The highest BCUT2D eigenvalue weighted by molar-refractivity contribution is 5.89. The molecule has 0 aliphatic heterocycles. The van der Waals surface area contributed by atoms with E-state index in [1.807, 2.05) is 30.5 Å². The van der Waals surface area contributed by atoms with Crippen molar-refractivity contribution in [1.29, 1.82) is 0 Å². The topological polar surface area (TPSA) is 67.9 Å². The van der Waals surface area contributed by atoms with Gasteiger partial charge in [0, 0.05) is 25.1 Å². The van der Waals surface area contributed by atoms with Gasteiger partial charge in [0.2, 0.25) is 0 Å². The summed E-state index contributed by atoms with van der Waals surface area (Å²) in [6.45, 7) is 0.549. The lowest BCUT2D eigenvalue weighted by molar-refractivity contribution is 0.573. The number of fused-ring (bicyclic) bond motifs is 1. The van der Waals surface area contributed by atoms with Crippen LogP contribution in [-0.2, 0) is 6.42 Å². The summed E-state index contributed by atoms with van der Waals surface area (Å²) in [6.07, 6.45) is 5.04. The molecule has 0 amide bonds. The number of nitrogens with zero attached hydrogens (tertiary/aromatic N) is 4. The fourth-order valence-electron chi connectivity index (χ4n) is 3.47. The highest BCUT2D eigenvalue weighted by atomic mass is 15.2. The molecular formula is C20H23N5. The van der Waals surface area contributed by atoms with Gasteiger partial charge in [-0.25, -0.2) is 9.97 Å². The molecule has 5 heteroatoms. The third-order valence-electron chi connectivity index (χ3n) is 4.81. The quantitative estimate of drug-likeness (QED) is 0.751. The van der Waals surface area contributed by atoms with Crippen molar-refractivity contribution < 1.29 is 0 Å². The van der Waals surface area contributed by atoms with E-state index in [9.17, 15) is 0 Å². The molecule has 1 saturated carbocycles. The van der Waals surface area contributed by atoms with Gasteiger partial charge in [0.05, 0.1) is 17.3 Å². The lowest BCUT2D eigenvalue weighted by Gasteiger charge is -2.30. The van der Waals surface area contributed by atoms with Gasteiger partial charge >= 0.3 is 0 Å². The molecular weight excluding hydrogens is 310 g/mol. The molecule has 1 aliphatic carbocycles. The Bertz CT molecular complexity index is 860. The molecule has 0 radical (unpaired) electrons. The number of aromatic nitrogens is 3. The Kier molecular flexibility index (Phi) is 4.32. The second kappa shape index (κ2) is 6.76. The number of para-hydroxylation sites is 1. The molecule has 0 spiro atoms. The Balaban J connectivity index is 1.81. The van der Waals surface area contributed by atoms with Gasteiger partial charge in [-0.15, -0.1) is 0 Å². The predicted octanol–water partition coefficient (Wildman–Crippen LogP) is 3.11. The highest BCUT2D eigenvalue weighted by Gasteiger charge is 2.37. The molecule has 2 N–H and O–H groups in total. The largest absolute Gasteiger partial charge is 0.350 e. The fourth-order valence-corrected chi connectivity index (χ4v) is 3.47. The normalized spacial score (nSPS) is 15.3. The van der Waals surface area contributed by atoms with Crippen molar-refractivity contribution in [2.45, 2.75) is 25.3 Å². The third-order valence-corrected chi connectivity index (χ3v) is 4.81. The Morgan fingerprint density at radius 1 is 1.12 bits per heavy atom. The smallest absolute Gasteiger partial charge is 0.140 e. The minimum atomic E-state index is 0.241. The molecule has 25 heavy (non-hydrogen) atoms. The molecule has 1 aromatic carbocycles. The summed E-state index contributed by atoms with van der Waals surface area (Å²) in [7, 11) is 2.12. The molecule has 4 rings (SSSR count). The van der Waals surface area contributed by atoms with Crippen LogP contribution in [0.2, 0.25) is 0 Å². The van der Waals surface area contributed by atoms with Crippen LogP contribution in [0.3, 0.4) is 0 Å². The second-order valence-electron chi connectivity index (χ2n) is 6.67. The van der Waals surface area contributed by atoms with Crippen LogP contribution in [0.15, 0.2) is 48.7 Å². The zero-order valence-corrected chi connectivity index (χ0v) is 14.5. The van der Waals surface area contributed by atoms with Crippen molar-refractivity contribution in [3.63, 3.8) is 0 Å². The summed E-state index contributed by atoms with van der Waals surface area (Å²) < 4.78 is 0. The number of benzene rings is 1. The molecule has 0 bridgehead atoms. The Labute approximate surface area is 147 Å². The van der Waals surface area contributed by atoms with Crippen molar-refractivity contribution in [3.8, 4) is 0 Å². The van der Waals surface area contributed by atoms with E-state index in [4.69, 9.17) is 10.7 Å². The Morgan fingerprint density at radius 2 is 1.92 bits per heavy atom. The van der Waals surface area contributed by atoms with Gasteiger partial charge in [-0.05, 0) is 49.6 Å². The van der Waals surface area contributed by atoms with Crippen LogP contribution < -0.4 is 10.6 Å². The second-order valence-corrected chi connectivity index (χ2v) is 6.67. The summed E-state index contributed by atoms with van der Waals surface area (Å²) in [5.74, 6) is 2.40. The van der Waals surface area contributed by atoms with E-state index in [1.165, 1.54) is 12.8 Å². The van der Waals surface area contributed by atoms with E-state index in [0.29, 0.717) is 18.9 Å². The van der Waals surface area contributed by atoms with Crippen LogP contribution >= 0.6 is 0 Å². The van der Waals surface area contributed by atoms with Gasteiger partial charge in [-0.3, -0.25) is 4.98 Å². The maximum Gasteiger partial charge on any atom is 0.140 e. The van der Waals surface area contributed by atoms with Gasteiger partial charge < -0.3 is 10.6 Å². The molecule has 1 fully saturated rings. The number of rotatable bonds is 6. The minimum Gasteiger partial charge on any atom is -0.350 e. The number of nitrogens with two attached hydrogens (primary N) is 1. The summed E-state index contributed by atoms with van der Waals surface area (Å²) in [6, 6.07) is 14.6. The molecule has 1 atom stereocenters. The molecule has 5 nitrogen and oxygen atoms in total. The summed E-state index contributed by atoms with van der Waals surface area (Å²) in [5, 5.41) is 1.08. The lowest BCUT2D eigenvalue weighted by Crippen LogP contribution is -2.28. The number of pyridine rings is 1. The molecule has 0 saturated heterocycles. The maximum atomic E-state index is 5.74. The first-order valence-corrected chi connectivity index (χ1v) is 8.87. The van der Waals surface area contributed by atoms with E-state index in [1.54, 1.807) is 0 Å². The van der Waals surface area contributed by atoms with Crippen LogP contribution in [0.5, 0.6) is 0 Å². The zero-order chi connectivity index (χ0) is 17.2. The summed E-state index contributed by atoms with van der Waals surface area (Å²) in [4.78, 5) is 16.4. The highest BCUT2D eigenvalue weighted by Crippen LogP contribution is 2.45. The monoisotopic (exact) mass is 333 g/mol. The predicted molar refractivity (Wildman–Crippen MR) is 100 cm³/mol. The fraction of sp³-hybridized carbons (Fsp3) is 0.350. The van der Waals surface area contributed by atoms with Crippen LogP contribution in [-0.4, -0.2) is 28.5 Å². The zero-order valence-electron chi connectivity index (χ0n) is 14.5. The molecule has 128 valence electrons. The van der Waals surface area contributed by atoms with Crippen molar-refractivity contribution in [3.05, 3.63) is 60.2 Å². The van der Waals surface area contributed by atoms with E-state index in [2.05, 4.69) is 40.1 Å². The Hall–Kier alpha value is -2.53. The average molecular weight is 333 g/mol. The average Bonchev–Trinajstić information content (AvgIpc) is 3.47. The van der Waals surface area contributed by atoms with Gasteiger partial charge in [-0.2, -0.15) is 0 Å². The number of hydrogen-bond donors (Lipinski definition) is 1. The maximum absolute atomic E-state index is 5.74. The molecule has 1 aliphatic rings. The van der Waals surface area contributed by atoms with E-state index < -0.39 is 0 Å². The Morgan fingerprint density at radius 3 is 2.64 bits per heavy atom. The van der Waals surface area contributed by atoms with Crippen molar-refractivity contribution in [2.75, 3.05) is 18.5 Å². The van der Waals surface area contributed by atoms with Crippen molar-refractivity contribution in [1.82, 2.24) is 15.0 Å². The van der Waals surface area contributed by atoms with Crippen molar-refractivity contribution in [2.24, 2.45) is 11.7 Å². The summed E-state index contributed by atoms with van der Waals surface area (Å²) in [5.41, 5.74) is 7.81. The first-order valence-electron chi connectivity index (χ1n) is 8.87. The van der Waals surface area contributed by atoms with Crippen LogP contribution in [0.1, 0.15) is 30.4 Å². The molecule has 3 aromatic rings. The number of anilines is 1. The first kappa shape index (κ1) is 16.0. The molecule has 2 heterocycles. The summed E-state index contributed by atoms with van der Waals surface area (Å²) >= 11 is 0. The first-order chi connectivity index (χ1) is 12.3. The lowest BCUT2D eigenvalue weighted by atomic mass is 10.1. The standard InChI is InChI=1S/C20H23N5/c1-25(19(14-9-10-14)17-8-4-5-13-22-17)20-15-6-2-3-7-16(15)23-18(24-20)11-12-21/h2-8,13-14,19H,9-12,21H2,1H3. The molecule has 2 aromatic heterocycles. The minimum absolute atomic E-state index is 0.241. The van der Waals surface area contributed by atoms with Crippen molar-refractivity contribution >= 4 is 16.7 Å². The van der Waals surface area contributed by atoms with E-state index >= 15 is 0 Å². The van der Waals surface area contributed by atoms with E-state index in [-0.39, 0.29) is 6.04 Å². The SMILES string of the molecule is CN(c1nc(CCN)nc2ccccc12)C(c1ccccn1)C1CC1. The van der Waals surface area contributed by atoms with Crippen LogP contribution in [0, 0.1) is 5.92 Å². The number of hydrogen-bond acceptors (Lipinski definition) is 5. The van der Waals surface area contributed by atoms with Gasteiger partial charge in [0.25, 0.3) is 0 Å². The van der Waals surface area contributed by atoms with Gasteiger partial charge in [-0.1, -0.05) is 18.2 Å². The molecule has 1 unspecified atom stereocenters. The third kappa shape index (κ3) is 3.20. The van der Waals surface area contributed by atoms with E-state index in [0.717, 1.165) is 28.2 Å².